The van der Waals surface area contributed by atoms with E-state index in [0.29, 0.717) is 24.0 Å². The maximum Gasteiger partial charge on any atom is 0.192 e. The number of carbonyl (C=O) groups is 1. The van der Waals surface area contributed by atoms with Gasteiger partial charge in [-0.15, -0.1) is 0 Å². The smallest absolute Gasteiger partial charge is 0.192 e. The van der Waals surface area contributed by atoms with Gasteiger partial charge in [-0.2, -0.15) is 0 Å². The molecule has 0 unspecified atom stereocenters. The Kier molecular flexibility index (Phi) is 8.84. The Bertz CT molecular complexity index is 636. The molecule has 2 aliphatic carbocycles. The van der Waals surface area contributed by atoms with Gasteiger partial charge in [0.05, 0.1) is 19.3 Å². The summed E-state index contributed by atoms with van der Waals surface area (Å²) in [6, 6.07) is 3.33. The van der Waals surface area contributed by atoms with Crippen molar-refractivity contribution in [3.8, 4) is 0 Å². The summed E-state index contributed by atoms with van der Waals surface area (Å²) in [5, 5.41) is 0. The Hall–Kier alpha value is -0.493. The summed E-state index contributed by atoms with van der Waals surface area (Å²) in [6.45, 7) is 14.9. The summed E-state index contributed by atoms with van der Waals surface area (Å²) in [6.07, 6.45) is 11.6. The average Bonchev–Trinajstić information content (AvgIpc) is 3.26. The number of hydrogen-bond donors (Lipinski definition) is 0. The van der Waals surface area contributed by atoms with E-state index in [-0.39, 0.29) is 17.4 Å². The van der Waals surface area contributed by atoms with Gasteiger partial charge >= 0.3 is 0 Å². The largest absolute Gasteiger partial charge is 0.410 e. The zero-order valence-corrected chi connectivity index (χ0v) is 22.6. The van der Waals surface area contributed by atoms with Crippen molar-refractivity contribution in [3.63, 3.8) is 0 Å². The Morgan fingerprint density at radius 1 is 1.06 bits per heavy atom. The van der Waals surface area contributed by atoms with Gasteiger partial charge in [0.25, 0.3) is 0 Å². The van der Waals surface area contributed by atoms with Gasteiger partial charge in [0.2, 0.25) is 0 Å². The highest BCUT2D eigenvalue weighted by Gasteiger charge is 2.59. The van der Waals surface area contributed by atoms with Crippen LogP contribution in [-0.2, 0) is 18.7 Å². The first-order valence-electron chi connectivity index (χ1n) is 13.4. The number of fused-ring (bicyclic) bond motifs is 1. The van der Waals surface area contributed by atoms with E-state index in [0.717, 1.165) is 50.6 Å². The van der Waals surface area contributed by atoms with E-state index in [4.69, 9.17) is 13.9 Å². The van der Waals surface area contributed by atoms with Gasteiger partial charge < -0.3 is 13.9 Å². The first kappa shape index (κ1) is 26.1. The minimum Gasteiger partial charge on any atom is -0.410 e. The molecule has 4 nitrogen and oxygen atoms in total. The second kappa shape index (κ2) is 10.8. The van der Waals surface area contributed by atoms with Crippen LogP contribution in [0.4, 0.5) is 0 Å². The number of carbonyl (C=O) groups excluding carboxylic acids is 1. The van der Waals surface area contributed by atoms with Crippen LogP contribution in [0.2, 0.25) is 18.1 Å². The molecule has 3 aliphatic rings. The molecule has 0 bridgehead atoms. The molecular weight excluding hydrogens is 416 g/mol. The molecule has 32 heavy (non-hydrogen) atoms. The molecular formula is C27H48O4Si. The molecule has 0 N–H and O–H groups in total. The predicted octanol–water partition coefficient (Wildman–Crippen LogP) is 6.90. The molecule has 1 saturated heterocycles. The van der Waals surface area contributed by atoms with Crippen molar-refractivity contribution < 1.29 is 18.7 Å². The molecule has 0 aromatic rings. The highest BCUT2D eigenvalue weighted by Crippen LogP contribution is 2.55. The van der Waals surface area contributed by atoms with Crippen LogP contribution in [0.3, 0.4) is 0 Å². The normalized spacial score (nSPS) is 30.3. The van der Waals surface area contributed by atoms with Crippen LogP contribution in [0, 0.1) is 23.2 Å². The zero-order chi connectivity index (χ0) is 23.4. The molecule has 184 valence electrons. The summed E-state index contributed by atoms with van der Waals surface area (Å²) < 4.78 is 19.7. The van der Waals surface area contributed by atoms with Crippen molar-refractivity contribution in [2.24, 2.45) is 23.2 Å². The van der Waals surface area contributed by atoms with E-state index in [1.807, 2.05) is 0 Å². The highest BCUT2D eigenvalue weighted by atomic mass is 28.4. The van der Waals surface area contributed by atoms with E-state index in [2.05, 4.69) is 53.7 Å². The van der Waals surface area contributed by atoms with Crippen molar-refractivity contribution in [1.82, 2.24) is 0 Å². The van der Waals surface area contributed by atoms with Gasteiger partial charge in [0.1, 0.15) is 5.78 Å². The van der Waals surface area contributed by atoms with Gasteiger partial charge in [-0.3, -0.25) is 4.79 Å². The van der Waals surface area contributed by atoms with Gasteiger partial charge in [-0.1, -0.05) is 66.5 Å². The van der Waals surface area contributed by atoms with Gasteiger partial charge in [-0.25, -0.2) is 0 Å². The maximum atomic E-state index is 13.3. The predicted molar refractivity (Wildman–Crippen MR) is 133 cm³/mol. The molecule has 1 heterocycles. The van der Waals surface area contributed by atoms with Crippen LogP contribution in [0.1, 0.15) is 86.5 Å². The summed E-state index contributed by atoms with van der Waals surface area (Å²) in [7, 11) is -1.83. The van der Waals surface area contributed by atoms with Gasteiger partial charge in [0, 0.05) is 30.6 Å². The van der Waals surface area contributed by atoms with E-state index in [9.17, 15) is 4.79 Å². The fourth-order valence-electron chi connectivity index (χ4n) is 6.10. The van der Waals surface area contributed by atoms with Crippen molar-refractivity contribution in [2.45, 2.75) is 117 Å². The van der Waals surface area contributed by atoms with E-state index in [1.165, 1.54) is 19.3 Å². The molecule has 0 radical (unpaired) electrons. The lowest BCUT2D eigenvalue weighted by atomic mass is 9.86. The van der Waals surface area contributed by atoms with Crippen LogP contribution in [0.15, 0.2) is 12.2 Å². The number of hydrogen-bond acceptors (Lipinski definition) is 4. The Balaban J connectivity index is 1.79. The number of ether oxygens (including phenoxy) is 2. The molecule has 0 amide bonds. The molecule has 3 rings (SSSR count). The number of rotatable bonds is 11. The van der Waals surface area contributed by atoms with E-state index in [1.54, 1.807) is 0 Å². The lowest BCUT2D eigenvalue weighted by Crippen LogP contribution is -2.47. The van der Waals surface area contributed by atoms with Crippen molar-refractivity contribution in [3.05, 3.63) is 12.2 Å². The molecule has 0 aromatic carbocycles. The van der Waals surface area contributed by atoms with Crippen molar-refractivity contribution in [2.75, 3.05) is 13.2 Å². The maximum absolute atomic E-state index is 13.3. The quantitative estimate of drug-likeness (QED) is 0.189. The van der Waals surface area contributed by atoms with Crippen LogP contribution < -0.4 is 0 Å². The van der Waals surface area contributed by atoms with Crippen LogP contribution in [0.25, 0.3) is 0 Å². The van der Waals surface area contributed by atoms with Gasteiger partial charge in [0.15, 0.2) is 14.1 Å². The minimum atomic E-state index is -1.83. The average molecular weight is 465 g/mol. The second-order valence-electron chi connectivity index (χ2n) is 11.4. The Morgan fingerprint density at radius 3 is 2.31 bits per heavy atom. The lowest BCUT2D eigenvalue weighted by molar-refractivity contribution is -0.297. The second-order valence-corrected chi connectivity index (χ2v) is 16.2. The molecule has 3 fully saturated rings. The zero-order valence-electron chi connectivity index (χ0n) is 21.6. The molecule has 4 atom stereocenters. The third kappa shape index (κ3) is 5.76. The van der Waals surface area contributed by atoms with Crippen LogP contribution in [-0.4, -0.2) is 39.2 Å². The topological polar surface area (TPSA) is 44.8 Å². The third-order valence-electron chi connectivity index (χ3n) is 8.45. The Labute approximate surface area is 198 Å². The summed E-state index contributed by atoms with van der Waals surface area (Å²) in [4.78, 5) is 13.3. The monoisotopic (exact) mass is 464 g/mol. The fraction of sp³-hybridized carbons (Fsp3) is 0.889. The summed E-state index contributed by atoms with van der Waals surface area (Å²) in [5.74, 6) is 0.565. The SMILES string of the molecule is CCCCC/C=C/[C@@H](O[Si](CC)(CC)CC)[C@H]1C(=O)C[C@@H]2CC3(C[C@@H]21)OCC(C)(C)CO3. The number of allylic oxidation sites excluding steroid dienone is 1. The highest BCUT2D eigenvalue weighted by molar-refractivity contribution is 6.73. The summed E-state index contributed by atoms with van der Waals surface area (Å²) >= 11 is 0. The third-order valence-corrected chi connectivity index (χ3v) is 13.1. The molecule has 1 aliphatic heterocycles. The van der Waals surface area contributed by atoms with E-state index >= 15 is 0 Å². The van der Waals surface area contributed by atoms with Gasteiger partial charge in [-0.05, 0) is 42.8 Å². The lowest BCUT2D eigenvalue weighted by Gasteiger charge is -2.42. The van der Waals surface area contributed by atoms with Crippen molar-refractivity contribution in [1.29, 1.82) is 0 Å². The minimum absolute atomic E-state index is 0.0412. The van der Waals surface area contributed by atoms with Crippen molar-refractivity contribution >= 4 is 14.1 Å². The van der Waals surface area contributed by atoms with Crippen LogP contribution in [0.5, 0.6) is 0 Å². The summed E-state index contributed by atoms with van der Waals surface area (Å²) in [5.41, 5.74) is 0.0691. The number of unbranched alkanes of at least 4 members (excludes halogenated alkanes) is 3. The molecule has 1 spiro atoms. The first-order chi connectivity index (χ1) is 15.2. The molecule has 5 heteroatoms. The number of Topliss-reactive ketones (excluding diaryl/α,β-unsaturated/α-hetero) is 1. The number of ketones is 1. The van der Waals surface area contributed by atoms with E-state index < -0.39 is 14.1 Å². The standard InChI is InChI=1S/C27H48O4Si/c1-7-11-12-13-14-15-24(31-32(8-2,9-3)10-4)25-22-18-27(17-21(22)16-23(25)28)29-19-26(5,6)20-30-27/h14-15,21-22,24-25H,7-13,16-20H2,1-6H3/b15-14+/t21-,22+,24-,25-/m1/s1. The molecule has 2 saturated carbocycles. The van der Waals surface area contributed by atoms with Crippen LogP contribution >= 0.6 is 0 Å². The fourth-order valence-corrected chi connectivity index (χ4v) is 8.90. The molecule has 0 aromatic heterocycles. The Morgan fingerprint density at radius 2 is 1.72 bits per heavy atom. The first-order valence-corrected chi connectivity index (χ1v) is 15.9.